The molecule has 104 valence electrons. The van der Waals surface area contributed by atoms with Crippen LogP contribution in [0.15, 0.2) is 46.9 Å². The van der Waals surface area contributed by atoms with Crippen molar-refractivity contribution in [2.45, 2.75) is 6.54 Å². The second-order valence-electron chi connectivity index (χ2n) is 4.53. The van der Waals surface area contributed by atoms with Crippen molar-refractivity contribution >= 4 is 39.1 Å². The van der Waals surface area contributed by atoms with Crippen molar-refractivity contribution < 1.29 is 4.79 Å². The van der Waals surface area contributed by atoms with E-state index in [-0.39, 0.29) is 5.91 Å². The average molecular weight is 354 g/mol. The first-order valence-electron chi connectivity index (χ1n) is 6.02. The Kier molecular flexibility index (Phi) is 4.68. The first kappa shape index (κ1) is 14.9. The van der Waals surface area contributed by atoms with Gasteiger partial charge in [-0.15, -0.1) is 0 Å². The molecule has 0 radical (unpaired) electrons. The molecule has 0 fully saturated rings. The first-order chi connectivity index (χ1) is 9.47. The largest absolute Gasteiger partial charge is 0.398 e. The van der Waals surface area contributed by atoms with Crippen molar-refractivity contribution in [1.82, 2.24) is 4.90 Å². The van der Waals surface area contributed by atoms with Crippen LogP contribution >= 0.6 is 27.5 Å². The molecule has 1 amide bonds. The third kappa shape index (κ3) is 3.52. The second kappa shape index (κ2) is 6.29. The van der Waals surface area contributed by atoms with Crippen molar-refractivity contribution in [3.05, 3.63) is 63.1 Å². The SMILES string of the molecule is CN(Cc1cccc(Br)c1)C(=O)c1ccc(Cl)c(N)c1. The second-order valence-corrected chi connectivity index (χ2v) is 5.85. The molecule has 0 atom stereocenters. The lowest BCUT2D eigenvalue weighted by molar-refractivity contribution is 0.0785. The summed E-state index contributed by atoms with van der Waals surface area (Å²) < 4.78 is 0.992. The summed E-state index contributed by atoms with van der Waals surface area (Å²) in [7, 11) is 1.76. The molecular weight excluding hydrogens is 340 g/mol. The molecule has 0 heterocycles. The van der Waals surface area contributed by atoms with Crippen molar-refractivity contribution in [3.63, 3.8) is 0 Å². The number of rotatable bonds is 3. The molecule has 2 aromatic carbocycles. The zero-order valence-electron chi connectivity index (χ0n) is 10.9. The fourth-order valence-corrected chi connectivity index (χ4v) is 2.44. The minimum atomic E-state index is -0.0895. The van der Waals surface area contributed by atoms with Crippen molar-refractivity contribution in [3.8, 4) is 0 Å². The molecule has 5 heteroatoms. The van der Waals surface area contributed by atoms with E-state index in [4.69, 9.17) is 17.3 Å². The fourth-order valence-electron chi connectivity index (χ4n) is 1.88. The highest BCUT2D eigenvalue weighted by Gasteiger charge is 2.13. The van der Waals surface area contributed by atoms with E-state index in [1.165, 1.54) is 0 Å². The maximum absolute atomic E-state index is 12.3. The van der Waals surface area contributed by atoms with Gasteiger partial charge in [-0.05, 0) is 35.9 Å². The topological polar surface area (TPSA) is 46.3 Å². The van der Waals surface area contributed by atoms with Crippen LogP contribution in [0, 0.1) is 0 Å². The van der Waals surface area contributed by atoms with Crippen LogP contribution in [0.3, 0.4) is 0 Å². The summed E-state index contributed by atoms with van der Waals surface area (Å²) in [5.74, 6) is -0.0895. The quantitative estimate of drug-likeness (QED) is 0.849. The molecule has 2 aromatic rings. The lowest BCUT2D eigenvalue weighted by Gasteiger charge is -2.18. The Morgan fingerprint density at radius 2 is 2.05 bits per heavy atom. The molecule has 0 aromatic heterocycles. The highest BCUT2D eigenvalue weighted by atomic mass is 79.9. The fraction of sp³-hybridized carbons (Fsp3) is 0.133. The van der Waals surface area contributed by atoms with E-state index in [9.17, 15) is 4.79 Å². The number of amides is 1. The number of benzene rings is 2. The molecule has 20 heavy (non-hydrogen) atoms. The highest BCUT2D eigenvalue weighted by molar-refractivity contribution is 9.10. The summed E-state index contributed by atoms with van der Waals surface area (Å²) in [4.78, 5) is 14.0. The summed E-state index contributed by atoms with van der Waals surface area (Å²) in [6, 6.07) is 12.8. The van der Waals surface area contributed by atoms with Crippen molar-refractivity contribution in [2.24, 2.45) is 0 Å². The molecule has 2 rings (SSSR count). The van der Waals surface area contributed by atoms with E-state index in [2.05, 4.69) is 15.9 Å². The number of nitrogens with zero attached hydrogens (tertiary/aromatic N) is 1. The van der Waals surface area contributed by atoms with Gasteiger partial charge in [-0.1, -0.05) is 39.7 Å². The summed E-state index contributed by atoms with van der Waals surface area (Å²) >= 11 is 9.27. The van der Waals surface area contributed by atoms with Gasteiger partial charge in [0.25, 0.3) is 5.91 Å². The molecular formula is C15H14BrClN2O. The first-order valence-corrected chi connectivity index (χ1v) is 7.19. The van der Waals surface area contributed by atoms with Crippen LogP contribution in [0.4, 0.5) is 5.69 Å². The van der Waals surface area contributed by atoms with Crippen LogP contribution in [0.1, 0.15) is 15.9 Å². The highest BCUT2D eigenvalue weighted by Crippen LogP contribution is 2.21. The van der Waals surface area contributed by atoms with Gasteiger partial charge in [-0.3, -0.25) is 4.79 Å². The molecule has 3 nitrogen and oxygen atoms in total. The lowest BCUT2D eigenvalue weighted by Crippen LogP contribution is -2.26. The van der Waals surface area contributed by atoms with Gasteiger partial charge in [0.15, 0.2) is 0 Å². The molecule has 0 spiro atoms. The molecule has 0 unspecified atom stereocenters. The summed E-state index contributed by atoms with van der Waals surface area (Å²) in [5, 5.41) is 0.455. The van der Waals surface area contributed by atoms with Gasteiger partial charge in [0.1, 0.15) is 0 Å². The molecule has 2 N–H and O–H groups in total. The van der Waals surface area contributed by atoms with Crippen LogP contribution < -0.4 is 5.73 Å². The molecule has 0 saturated carbocycles. The van der Waals surface area contributed by atoms with Gasteiger partial charge in [-0.25, -0.2) is 0 Å². The number of carbonyl (C=O) groups is 1. The molecule has 0 aliphatic rings. The average Bonchev–Trinajstić information content (AvgIpc) is 2.41. The Bertz CT molecular complexity index is 646. The van der Waals surface area contributed by atoms with Crippen LogP contribution in [0.2, 0.25) is 5.02 Å². The monoisotopic (exact) mass is 352 g/mol. The normalized spacial score (nSPS) is 10.3. The van der Waals surface area contributed by atoms with E-state index in [0.717, 1.165) is 10.0 Å². The number of nitrogen functional groups attached to an aromatic ring is 1. The van der Waals surface area contributed by atoms with Crippen LogP contribution in [0.5, 0.6) is 0 Å². The summed E-state index contributed by atoms with van der Waals surface area (Å²) in [6.07, 6.45) is 0. The number of hydrogen-bond donors (Lipinski definition) is 1. The molecule has 0 aliphatic heterocycles. The Morgan fingerprint density at radius 3 is 2.70 bits per heavy atom. The maximum Gasteiger partial charge on any atom is 0.253 e. The van der Waals surface area contributed by atoms with Gasteiger partial charge in [0.05, 0.1) is 10.7 Å². The molecule has 0 saturated heterocycles. The third-order valence-corrected chi connectivity index (χ3v) is 3.74. The Labute approximate surface area is 131 Å². The standard InChI is InChI=1S/C15H14BrClN2O/c1-19(9-10-3-2-4-12(16)7-10)15(20)11-5-6-13(17)14(18)8-11/h2-8H,9,18H2,1H3. The number of hydrogen-bond acceptors (Lipinski definition) is 2. The van der Waals surface area contributed by atoms with Crippen LogP contribution in [-0.2, 0) is 6.54 Å². The molecule has 0 aliphatic carbocycles. The van der Waals surface area contributed by atoms with Gasteiger partial charge < -0.3 is 10.6 Å². The predicted octanol–water partition coefficient (Wildman–Crippen LogP) is 3.96. The molecule has 0 bridgehead atoms. The smallest absolute Gasteiger partial charge is 0.253 e. The Hall–Kier alpha value is -1.52. The van der Waals surface area contributed by atoms with E-state index >= 15 is 0 Å². The van der Waals surface area contributed by atoms with Gasteiger partial charge in [0, 0.05) is 23.6 Å². The zero-order chi connectivity index (χ0) is 14.7. The van der Waals surface area contributed by atoms with Gasteiger partial charge in [0.2, 0.25) is 0 Å². The van der Waals surface area contributed by atoms with E-state index in [1.54, 1.807) is 30.1 Å². The number of anilines is 1. The lowest BCUT2D eigenvalue weighted by atomic mass is 10.1. The predicted molar refractivity (Wildman–Crippen MR) is 85.8 cm³/mol. The van der Waals surface area contributed by atoms with Crippen molar-refractivity contribution in [2.75, 3.05) is 12.8 Å². The van der Waals surface area contributed by atoms with Gasteiger partial charge >= 0.3 is 0 Å². The van der Waals surface area contributed by atoms with Crippen LogP contribution in [-0.4, -0.2) is 17.9 Å². The number of carbonyl (C=O) groups excluding carboxylic acids is 1. The third-order valence-electron chi connectivity index (χ3n) is 2.90. The van der Waals surface area contributed by atoms with E-state index in [1.807, 2.05) is 24.3 Å². The minimum absolute atomic E-state index is 0.0895. The zero-order valence-corrected chi connectivity index (χ0v) is 13.3. The van der Waals surface area contributed by atoms with Gasteiger partial charge in [-0.2, -0.15) is 0 Å². The van der Waals surface area contributed by atoms with Crippen LogP contribution in [0.25, 0.3) is 0 Å². The number of halogens is 2. The van der Waals surface area contributed by atoms with Crippen molar-refractivity contribution in [1.29, 1.82) is 0 Å². The number of nitrogens with two attached hydrogens (primary N) is 1. The Balaban J connectivity index is 2.14. The Morgan fingerprint density at radius 1 is 1.30 bits per heavy atom. The van der Waals surface area contributed by atoms with E-state index in [0.29, 0.717) is 22.8 Å². The minimum Gasteiger partial charge on any atom is -0.398 e. The maximum atomic E-state index is 12.3. The summed E-state index contributed by atoms with van der Waals surface area (Å²) in [5.41, 5.74) is 7.72. The summed E-state index contributed by atoms with van der Waals surface area (Å²) in [6.45, 7) is 0.529. The van der Waals surface area contributed by atoms with E-state index < -0.39 is 0 Å².